The van der Waals surface area contributed by atoms with Gasteiger partial charge in [-0.25, -0.2) is 0 Å². The number of carbonyl (C=O) groups excluding carboxylic acids is 1. The smallest absolute Gasteiger partial charge is 0.194 e. The van der Waals surface area contributed by atoms with Crippen molar-refractivity contribution >= 4 is 54.4 Å². The molecule has 2 unspecified atom stereocenters. The molecule has 1 heterocycles. The van der Waals surface area contributed by atoms with Crippen LogP contribution in [0.3, 0.4) is 0 Å². The molecule has 10 rings (SSSR count). The van der Waals surface area contributed by atoms with Gasteiger partial charge in [-0.15, -0.1) is 0 Å². The first-order chi connectivity index (χ1) is 17.8. The van der Waals surface area contributed by atoms with Gasteiger partial charge >= 0.3 is 0 Å². The van der Waals surface area contributed by atoms with Crippen molar-refractivity contribution in [1.82, 2.24) is 0 Å². The fourth-order valence-corrected chi connectivity index (χ4v) is 7.47. The van der Waals surface area contributed by atoms with Gasteiger partial charge in [0.15, 0.2) is 5.78 Å². The van der Waals surface area contributed by atoms with Crippen LogP contribution in [0.2, 0.25) is 0 Å². The van der Waals surface area contributed by atoms with E-state index in [0.29, 0.717) is 0 Å². The highest BCUT2D eigenvalue weighted by Gasteiger charge is 2.47. The Morgan fingerprint density at radius 3 is 2.14 bits per heavy atom. The van der Waals surface area contributed by atoms with E-state index in [1.54, 1.807) is 0 Å². The molecule has 6 aromatic carbocycles. The maximum Gasteiger partial charge on any atom is 0.194 e. The fraction of sp³-hybridized carbons (Fsp3) is 0.0882. The van der Waals surface area contributed by atoms with Crippen LogP contribution in [-0.2, 0) is 11.2 Å². The normalized spacial score (nSPS) is 20.9. The van der Waals surface area contributed by atoms with Gasteiger partial charge in [0.1, 0.15) is 12.2 Å². The number of fused-ring (bicyclic) bond motifs is 7. The first-order valence-corrected chi connectivity index (χ1v) is 12.7. The lowest BCUT2D eigenvalue weighted by Gasteiger charge is -2.26. The minimum Gasteiger partial charge on any atom is -0.360 e. The van der Waals surface area contributed by atoms with E-state index >= 15 is 0 Å². The summed E-state index contributed by atoms with van der Waals surface area (Å²) in [6.45, 7) is 0. The van der Waals surface area contributed by atoms with Gasteiger partial charge in [0.25, 0.3) is 0 Å². The molecule has 36 heavy (non-hydrogen) atoms. The second-order valence-corrected chi connectivity index (χ2v) is 10.6. The molecular weight excluding hydrogens is 440 g/mol. The molecule has 166 valence electrons. The molecule has 1 saturated heterocycles. The third-order valence-corrected chi connectivity index (χ3v) is 9.01. The van der Waals surface area contributed by atoms with Crippen LogP contribution in [0, 0.1) is 0 Å². The Morgan fingerprint density at radius 2 is 1.31 bits per heavy atom. The van der Waals surface area contributed by atoms with Crippen molar-refractivity contribution in [2.75, 3.05) is 0 Å². The number of carbonyl (C=O) groups is 1. The number of ether oxygens (including phenoxy) is 1. The molecule has 1 fully saturated rings. The molecule has 0 radical (unpaired) electrons. The van der Waals surface area contributed by atoms with E-state index in [0.717, 1.165) is 28.5 Å². The van der Waals surface area contributed by atoms with Crippen LogP contribution in [0.15, 0.2) is 90.5 Å². The van der Waals surface area contributed by atoms with Crippen molar-refractivity contribution < 1.29 is 9.53 Å². The number of Topliss-reactive ketones (excluding diaryl/α,β-unsaturated/α-hetero) is 1. The van der Waals surface area contributed by atoms with Crippen molar-refractivity contribution in [2.45, 2.75) is 18.6 Å². The molecule has 2 heteroatoms. The summed E-state index contributed by atoms with van der Waals surface area (Å²) in [5.74, 6) is 0.124. The third-order valence-electron chi connectivity index (χ3n) is 9.01. The highest BCUT2D eigenvalue weighted by atomic mass is 16.6. The zero-order chi connectivity index (χ0) is 23.3. The summed E-state index contributed by atoms with van der Waals surface area (Å²) in [6.07, 6.45) is 5.10. The molecule has 0 saturated carbocycles. The van der Waals surface area contributed by atoms with E-state index in [1.165, 1.54) is 65.5 Å². The SMILES string of the molecule is O=C1C2=C(c3ccc4c5ccc6c7c(ccc(c8ccc1c3c84)c75)Cc1ccccc1-6)C1OC1C=C2. The van der Waals surface area contributed by atoms with Crippen LogP contribution in [0.25, 0.3) is 59.8 Å². The van der Waals surface area contributed by atoms with E-state index in [1.807, 2.05) is 12.2 Å². The topological polar surface area (TPSA) is 29.6 Å². The van der Waals surface area contributed by atoms with E-state index in [-0.39, 0.29) is 18.0 Å². The summed E-state index contributed by atoms with van der Waals surface area (Å²) in [4.78, 5) is 13.7. The zero-order valence-corrected chi connectivity index (χ0v) is 19.3. The van der Waals surface area contributed by atoms with Crippen LogP contribution in [0.4, 0.5) is 0 Å². The lowest BCUT2D eigenvalue weighted by Crippen LogP contribution is -2.17. The van der Waals surface area contributed by atoms with Gasteiger partial charge < -0.3 is 4.74 Å². The van der Waals surface area contributed by atoms with Crippen LogP contribution in [0.1, 0.15) is 27.0 Å². The lowest BCUT2D eigenvalue weighted by molar-refractivity contribution is 0.103. The van der Waals surface area contributed by atoms with E-state index in [2.05, 4.69) is 72.8 Å². The Balaban J connectivity index is 1.41. The first-order valence-electron chi connectivity index (χ1n) is 12.7. The number of epoxide rings is 1. The van der Waals surface area contributed by atoms with Gasteiger partial charge in [-0.2, -0.15) is 0 Å². The van der Waals surface area contributed by atoms with Crippen molar-refractivity contribution in [1.29, 1.82) is 0 Å². The minimum atomic E-state index is 0.0153. The molecule has 1 aliphatic heterocycles. The third kappa shape index (κ3) is 1.90. The average molecular weight is 459 g/mol. The Bertz CT molecular complexity index is 2100. The molecule has 3 aliphatic carbocycles. The second-order valence-electron chi connectivity index (χ2n) is 10.6. The average Bonchev–Trinajstić information content (AvgIpc) is 3.72. The van der Waals surface area contributed by atoms with Crippen molar-refractivity contribution in [3.8, 4) is 11.1 Å². The lowest BCUT2D eigenvalue weighted by atomic mass is 9.75. The Hall–Kier alpha value is -4.27. The monoisotopic (exact) mass is 458 g/mol. The Labute approximate surface area is 206 Å². The van der Waals surface area contributed by atoms with E-state index < -0.39 is 0 Å². The zero-order valence-electron chi connectivity index (χ0n) is 19.3. The number of hydrogen-bond acceptors (Lipinski definition) is 2. The van der Waals surface area contributed by atoms with Crippen LogP contribution in [-0.4, -0.2) is 18.0 Å². The number of benzene rings is 6. The van der Waals surface area contributed by atoms with E-state index in [4.69, 9.17) is 4.74 Å². The quantitative estimate of drug-likeness (QED) is 0.133. The maximum atomic E-state index is 13.7. The predicted molar refractivity (Wildman–Crippen MR) is 145 cm³/mol. The molecule has 0 bridgehead atoms. The molecule has 0 spiro atoms. The molecular formula is C34H18O2. The maximum absolute atomic E-state index is 13.7. The summed E-state index contributed by atoms with van der Waals surface area (Å²) in [5.41, 5.74) is 9.34. The van der Waals surface area contributed by atoms with Crippen molar-refractivity contribution in [2.24, 2.45) is 0 Å². The molecule has 6 aromatic rings. The van der Waals surface area contributed by atoms with Crippen LogP contribution >= 0.6 is 0 Å². The molecule has 2 atom stereocenters. The number of rotatable bonds is 0. The second kappa shape index (κ2) is 5.75. The summed E-state index contributed by atoms with van der Waals surface area (Å²) in [6, 6.07) is 26.8. The molecule has 0 amide bonds. The summed E-state index contributed by atoms with van der Waals surface area (Å²) < 4.78 is 5.92. The number of allylic oxidation sites excluding steroid dienone is 2. The summed E-state index contributed by atoms with van der Waals surface area (Å²) >= 11 is 0. The van der Waals surface area contributed by atoms with Gasteiger partial charge in [0.05, 0.1) is 0 Å². The Kier molecular flexibility index (Phi) is 2.88. The van der Waals surface area contributed by atoms with Gasteiger partial charge in [0, 0.05) is 22.1 Å². The van der Waals surface area contributed by atoms with Gasteiger partial charge in [-0.05, 0) is 78.0 Å². The standard InChI is InChI=1S/C34H18O2/c35-33-25-12-10-23-20-6-5-17-15-16-3-1-2-4-18(16)19-7-8-21(29(20)28(17)19)22-9-11-24(31(25)30(22)23)32-26(33)13-14-27-34(32)36-27/h1-14,27,34H,15H2. The van der Waals surface area contributed by atoms with Gasteiger partial charge in [-0.3, -0.25) is 4.79 Å². The minimum absolute atomic E-state index is 0.0153. The molecule has 0 aromatic heterocycles. The molecule has 2 nitrogen and oxygen atoms in total. The summed E-state index contributed by atoms with van der Waals surface area (Å²) in [5, 5.41) is 10.1. The Morgan fingerprint density at radius 1 is 0.611 bits per heavy atom. The fourth-order valence-electron chi connectivity index (χ4n) is 7.47. The summed E-state index contributed by atoms with van der Waals surface area (Å²) in [7, 11) is 0. The largest absolute Gasteiger partial charge is 0.360 e. The van der Waals surface area contributed by atoms with Crippen LogP contribution < -0.4 is 0 Å². The van der Waals surface area contributed by atoms with Gasteiger partial charge in [-0.1, -0.05) is 78.9 Å². The van der Waals surface area contributed by atoms with Crippen LogP contribution in [0.5, 0.6) is 0 Å². The number of hydrogen-bond donors (Lipinski definition) is 0. The van der Waals surface area contributed by atoms with Crippen molar-refractivity contribution in [3.05, 3.63) is 113 Å². The van der Waals surface area contributed by atoms with Crippen molar-refractivity contribution in [3.63, 3.8) is 0 Å². The highest BCUT2D eigenvalue weighted by Crippen LogP contribution is 2.52. The molecule has 4 aliphatic rings. The van der Waals surface area contributed by atoms with Gasteiger partial charge in [0.2, 0.25) is 0 Å². The predicted octanol–water partition coefficient (Wildman–Crippen LogP) is 7.60. The van der Waals surface area contributed by atoms with E-state index in [9.17, 15) is 4.79 Å². The first kappa shape index (κ1) is 18.1. The number of ketones is 1. The molecule has 0 N–H and O–H groups in total. The highest BCUT2D eigenvalue weighted by molar-refractivity contribution is 6.39.